The first kappa shape index (κ1) is 16.4. The van der Waals surface area contributed by atoms with Gasteiger partial charge in [-0.15, -0.1) is 0 Å². The Morgan fingerprint density at radius 1 is 0.893 bits per heavy atom. The molecule has 0 aliphatic heterocycles. The van der Waals surface area contributed by atoms with Crippen LogP contribution in [0.3, 0.4) is 0 Å². The minimum absolute atomic E-state index is 0.265. The lowest BCUT2D eigenvalue weighted by Crippen LogP contribution is -2.01. The summed E-state index contributed by atoms with van der Waals surface area (Å²) in [5.74, 6) is -0.265. The third kappa shape index (κ3) is 2.85. The van der Waals surface area contributed by atoms with E-state index in [0.717, 1.165) is 39.1 Å². The zero-order valence-corrected chi connectivity index (χ0v) is 14.9. The SMILES string of the molecule is Fc1ccc(-c2ncn(Cc3ccncc3)c2-c2ccnc3[nH]ccc23)cc1. The number of aromatic amines is 1. The second-order valence-electron chi connectivity index (χ2n) is 6.53. The highest BCUT2D eigenvalue weighted by Gasteiger charge is 2.18. The summed E-state index contributed by atoms with van der Waals surface area (Å²) in [5.41, 5.74) is 5.61. The number of pyridine rings is 2. The lowest BCUT2D eigenvalue weighted by atomic mass is 10.0. The summed E-state index contributed by atoms with van der Waals surface area (Å²) in [6.07, 6.45) is 9.05. The number of imidazole rings is 1. The molecule has 0 saturated heterocycles. The van der Waals surface area contributed by atoms with Gasteiger partial charge in [0.25, 0.3) is 0 Å². The van der Waals surface area contributed by atoms with E-state index >= 15 is 0 Å². The number of nitrogens with one attached hydrogen (secondary N) is 1. The van der Waals surface area contributed by atoms with Crippen LogP contribution in [0.4, 0.5) is 4.39 Å². The van der Waals surface area contributed by atoms with Crippen LogP contribution < -0.4 is 0 Å². The molecule has 0 saturated carbocycles. The van der Waals surface area contributed by atoms with E-state index in [1.54, 1.807) is 30.7 Å². The molecule has 0 spiro atoms. The minimum Gasteiger partial charge on any atom is -0.346 e. The van der Waals surface area contributed by atoms with Gasteiger partial charge in [0.2, 0.25) is 0 Å². The van der Waals surface area contributed by atoms with Crippen LogP contribution in [0.25, 0.3) is 33.5 Å². The number of hydrogen-bond donors (Lipinski definition) is 1. The van der Waals surface area contributed by atoms with Crippen LogP contribution in [0.2, 0.25) is 0 Å². The predicted octanol–water partition coefficient (Wildman–Crippen LogP) is 4.68. The molecule has 0 atom stereocenters. The van der Waals surface area contributed by atoms with Gasteiger partial charge in [-0.2, -0.15) is 0 Å². The zero-order chi connectivity index (χ0) is 18.9. The van der Waals surface area contributed by atoms with Gasteiger partial charge in [0, 0.05) is 47.8 Å². The van der Waals surface area contributed by atoms with Gasteiger partial charge in [-0.3, -0.25) is 4.98 Å². The number of hydrogen-bond acceptors (Lipinski definition) is 3. The molecule has 0 amide bonds. The average Bonchev–Trinajstić information content (AvgIpc) is 3.36. The van der Waals surface area contributed by atoms with Crippen LogP contribution in [0, 0.1) is 5.82 Å². The van der Waals surface area contributed by atoms with Crippen LogP contribution in [0.5, 0.6) is 0 Å². The number of rotatable bonds is 4. The van der Waals surface area contributed by atoms with Gasteiger partial charge >= 0.3 is 0 Å². The maximum Gasteiger partial charge on any atom is 0.137 e. The second kappa shape index (κ2) is 6.74. The van der Waals surface area contributed by atoms with Crippen LogP contribution >= 0.6 is 0 Å². The van der Waals surface area contributed by atoms with Gasteiger partial charge in [0.15, 0.2) is 0 Å². The molecule has 5 aromatic rings. The molecule has 0 aliphatic rings. The fourth-order valence-corrected chi connectivity index (χ4v) is 3.46. The van der Waals surface area contributed by atoms with E-state index in [1.807, 2.05) is 36.8 Å². The number of nitrogens with zero attached hydrogens (tertiary/aromatic N) is 4. The van der Waals surface area contributed by atoms with Gasteiger partial charge in [-0.05, 0) is 54.1 Å². The van der Waals surface area contributed by atoms with E-state index in [0.29, 0.717) is 6.54 Å². The Morgan fingerprint density at radius 2 is 1.71 bits per heavy atom. The molecule has 28 heavy (non-hydrogen) atoms. The van der Waals surface area contributed by atoms with E-state index in [1.165, 1.54) is 12.1 Å². The molecule has 6 heteroatoms. The van der Waals surface area contributed by atoms with Crippen molar-refractivity contribution < 1.29 is 4.39 Å². The Bertz CT molecular complexity index is 1240. The monoisotopic (exact) mass is 369 g/mol. The average molecular weight is 369 g/mol. The summed E-state index contributed by atoms with van der Waals surface area (Å²) in [5, 5.41) is 1.02. The van der Waals surface area contributed by atoms with Crippen molar-refractivity contribution in [3.63, 3.8) is 0 Å². The number of benzene rings is 1. The minimum atomic E-state index is -0.265. The first-order valence-corrected chi connectivity index (χ1v) is 8.92. The highest BCUT2D eigenvalue weighted by Crippen LogP contribution is 2.35. The molecule has 0 bridgehead atoms. The molecule has 5 nitrogen and oxygen atoms in total. The van der Waals surface area contributed by atoms with Gasteiger partial charge < -0.3 is 9.55 Å². The molecule has 0 aliphatic carbocycles. The number of fused-ring (bicyclic) bond motifs is 1. The number of aromatic nitrogens is 5. The van der Waals surface area contributed by atoms with Gasteiger partial charge in [0.1, 0.15) is 11.5 Å². The van der Waals surface area contributed by atoms with E-state index in [2.05, 4.69) is 24.5 Å². The maximum atomic E-state index is 13.4. The first-order valence-electron chi connectivity index (χ1n) is 8.92. The summed E-state index contributed by atoms with van der Waals surface area (Å²) in [6, 6.07) is 14.4. The largest absolute Gasteiger partial charge is 0.346 e. The predicted molar refractivity (Wildman–Crippen MR) is 106 cm³/mol. The van der Waals surface area contributed by atoms with Crippen molar-refractivity contribution in [2.24, 2.45) is 0 Å². The van der Waals surface area contributed by atoms with Crippen molar-refractivity contribution >= 4 is 11.0 Å². The van der Waals surface area contributed by atoms with Crippen molar-refractivity contribution in [1.29, 1.82) is 0 Å². The van der Waals surface area contributed by atoms with Crippen molar-refractivity contribution in [1.82, 2.24) is 24.5 Å². The topological polar surface area (TPSA) is 59.4 Å². The summed E-state index contributed by atoms with van der Waals surface area (Å²) in [7, 11) is 0. The fraction of sp³-hybridized carbons (Fsp3) is 0.0455. The molecule has 4 heterocycles. The Morgan fingerprint density at radius 3 is 2.54 bits per heavy atom. The molecule has 1 aromatic carbocycles. The standard InChI is InChI=1S/C22H16FN5/c23-17-3-1-16(2-4-17)20-21(18-7-11-25-22-19(18)8-12-26-22)28(14-27-20)13-15-5-9-24-10-6-15/h1-12,14H,13H2,(H,25,26). The molecule has 0 fully saturated rings. The third-order valence-corrected chi connectivity index (χ3v) is 4.77. The van der Waals surface area contributed by atoms with Crippen LogP contribution in [-0.4, -0.2) is 24.5 Å². The van der Waals surface area contributed by atoms with Crippen LogP contribution in [-0.2, 0) is 6.54 Å². The molecule has 136 valence electrons. The van der Waals surface area contributed by atoms with Gasteiger partial charge in [0.05, 0.1) is 17.7 Å². The fourth-order valence-electron chi connectivity index (χ4n) is 3.46. The maximum absolute atomic E-state index is 13.4. The smallest absolute Gasteiger partial charge is 0.137 e. The molecule has 0 radical (unpaired) electrons. The first-order chi connectivity index (χ1) is 13.8. The van der Waals surface area contributed by atoms with Crippen molar-refractivity contribution in [2.45, 2.75) is 6.54 Å². The number of halogens is 1. The highest BCUT2D eigenvalue weighted by molar-refractivity contribution is 5.95. The summed E-state index contributed by atoms with van der Waals surface area (Å²) in [4.78, 5) is 16.3. The van der Waals surface area contributed by atoms with Crippen LogP contribution in [0.15, 0.2) is 79.6 Å². The Hall–Kier alpha value is -3.80. The summed E-state index contributed by atoms with van der Waals surface area (Å²) < 4.78 is 15.5. The summed E-state index contributed by atoms with van der Waals surface area (Å²) >= 11 is 0. The molecular formula is C22H16FN5. The van der Waals surface area contributed by atoms with Crippen molar-refractivity contribution in [2.75, 3.05) is 0 Å². The van der Waals surface area contributed by atoms with E-state index in [4.69, 9.17) is 0 Å². The summed E-state index contributed by atoms with van der Waals surface area (Å²) in [6.45, 7) is 0.653. The van der Waals surface area contributed by atoms with Crippen molar-refractivity contribution in [3.05, 3.63) is 91.0 Å². The van der Waals surface area contributed by atoms with Crippen LogP contribution in [0.1, 0.15) is 5.56 Å². The van der Waals surface area contributed by atoms with Crippen molar-refractivity contribution in [3.8, 4) is 22.5 Å². The zero-order valence-electron chi connectivity index (χ0n) is 14.9. The lowest BCUT2D eigenvalue weighted by Gasteiger charge is -2.12. The normalized spacial score (nSPS) is 11.2. The second-order valence-corrected chi connectivity index (χ2v) is 6.53. The molecular weight excluding hydrogens is 353 g/mol. The quantitative estimate of drug-likeness (QED) is 0.501. The van der Waals surface area contributed by atoms with E-state index in [-0.39, 0.29) is 5.82 Å². The molecule has 1 N–H and O–H groups in total. The van der Waals surface area contributed by atoms with Gasteiger partial charge in [-0.1, -0.05) is 0 Å². The van der Waals surface area contributed by atoms with E-state index < -0.39 is 0 Å². The van der Waals surface area contributed by atoms with Gasteiger partial charge in [-0.25, -0.2) is 14.4 Å². The molecule has 5 rings (SSSR count). The third-order valence-electron chi connectivity index (χ3n) is 4.77. The Labute approximate surface area is 160 Å². The Balaban J connectivity index is 1.72. The lowest BCUT2D eigenvalue weighted by molar-refractivity contribution is 0.628. The van der Waals surface area contributed by atoms with E-state index in [9.17, 15) is 4.39 Å². The number of H-pyrrole nitrogens is 1. The molecule has 4 aromatic heterocycles. The Kier molecular flexibility index (Phi) is 3.94. The highest BCUT2D eigenvalue weighted by atomic mass is 19.1. The molecule has 0 unspecified atom stereocenters.